The molecule has 1 aromatic rings. The summed E-state index contributed by atoms with van der Waals surface area (Å²) >= 11 is 0. The summed E-state index contributed by atoms with van der Waals surface area (Å²) in [6.07, 6.45) is 3.90. The van der Waals surface area contributed by atoms with Crippen molar-refractivity contribution in [3.05, 3.63) is 29.3 Å². The molecule has 1 aliphatic heterocycles. The number of hydrogen-bond acceptors (Lipinski definition) is 3. The number of ether oxygens (including phenoxy) is 1. The zero-order valence-corrected chi connectivity index (χ0v) is 14.4. The molecule has 126 valence electrons. The molecule has 0 saturated carbocycles. The van der Waals surface area contributed by atoms with Gasteiger partial charge in [-0.15, -0.1) is 0 Å². The van der Waals surface area contributed by atoms with Crippen LogP contribution in [0.15, 0.2) is 18.2 Å². The van der Waals surface area contributed by atoms with Crippen molar-refractivity contribution in [3.63, 3.8) is 0 Å². The van der Waals surface area contributed by atoms with E-state index in [0.29, 0.717) is 6.42 Å². The average Bonchev–Trinajstić information content (AvgIpc) is 3.07. The van der Waals surface area contributed by atoms with Gasteiger partial charge < -0.3 is 14.5 Å². The Morgan fingerprint density at radius 3 is 2.57 bits per heavy atom. The number of rotatable bonds is 5. The maximum atomic E-state index is 12.7. The third kappa shape index (κ3) is 3.69. The van der Waals surface area contributed by atoms with Crippen LogP contribution in [-0.2, 0) is 17.6 Å². The van der Waals surface area contributed by atoms with Gasteiger partial charge in [0.2, 0.25) is 0 Å². The molecule has 4 nitrogen and oxygen atoms in total. The number of piperazine rings is 1. The van der Waals surface area contributed by atoms with Crippen molar-refractivity contribution in [1.82, 2.24) is 9.80 Å². The van der Waals surface area contributed by atoms with Crippen molar-refractivity contribution in [1.29, 1.82) is 0 Å². The molecule has 0 bridgehead atoms. The highest BCUT2D eigenvalue weighted by atomic mass is 16.5. The van der Waals surface area contributed by atoms with Crippen LogP contribution in [0.25, 0.3) is 0 Å². The van der Waals surface area contributed by atoms with Crippen molar-refractivity contribution in [3.8, 4) is 5.75 Å². The Bertz CT molecular complexity index is 550. The number of nitrogens with zero attached hydrogens (tertiary/aromatic N) is 2. The normalized spacial score (nSPS) is 19.5. The number of fused-ring (bicyclic) bond motifs is 1. The summed E-state index contributed by atoms with van der Waals surface area (Å²) < 4.78 is 6.05. The monoisotopic (exact) mass is 316 g/mol. The first kappa shape index (κ1) is 16.3. The Hall–Kier alpha value is -1.55. The van der Waals surface area contributed by atoms with Gasteiger partial charge in [0, 0.05) is 26.2 Å². The highest BCUT2D eigenvalue weighted by Crippen LogP contribution is 2.27. The molecule has 1 fully saturated rings. The largest absolute Gasteiger partial charge is 0.481 e. The number of amides is 1. The van der Waals surface area contributed by atoms with E-state index in [-0.39, 0.29) is 12.0 Å². The molecule has 0 N–H and O–H groups in total. The van der Waals surface area contributed by atoms with Gasteiger partial charge in [-0.2, -0.15) is 0 Å². The lowest BCUT2D eigenvalue weighted by molar-refractivity contribution is -0.140. The summed E-state index contributed by atoms with van der Waals surface area (Å²) in [5.74, 6) is 0.988. The van der Waals surface area contributed by atoms with E-state index >= 15 is 0 Å². The van der Waals surface area contributed by atoms with Crippen molar-refractivity contribution >= 4 is 5.91 Å². The number of likely N-dealkylation sites (N-methyl/N-ethyl adjacent to an activating group) is 1. The van der Waals surface area contributed by atoms with Crippen molar-refractivity contribution in [2.45, 2.75) is 45.6 Å². The molecule has 1 saturated heterocycles. The molecule has 0 aromatic heterocycles. The van der Waals surface area contributed by atoms with Gasteiger partial charge in [-0.1, -0.05) is 19.9 Å². The lowest BCUT2D eigenvalue weighted by atomic mass is 10.1. The molecule has 2 aliphatic rings. The zero-order valence-electron chi connectivity index (χ0n) is 14.4. The predicted octanol–water partition coefficient (Wildman–Crippen LogP) is 2.50. The Kier molecular flexibility index (Phi) is 5.21. The minimum absolute atomic E-state index is 0.142. The first-order valence-corrected chi connectivity index (χ1v) is 9.00. The van der Waals surface area contributed by atoms with Gasteiger partial charge in [-0.3, -0.25) is 4.79 Å². The van der Waals surface area contributed by atoms with Gasteiger partial charge in [0.25, 0.3) is 5.91 Å². The van der Waals surface area contributed by atoms with E-state index in [1.54, 1.807) is 0 Å². The molecular formula is C19H28N2O2. The van der Waals surface area contributed by atoms with Gasteiger partial charge in [0.15, 0.2) is 6.10 Å². The number of hydrogen-bond donors (Lipinski definition) is 0. The predicted molar refractivity (Wildman–Crippen MR) is 91.9 cm³/mol. The first-order valence-electron chi connectivity index (χ1n) is 9.00. The van der Waals surface area contributed by atoms with Crippen LogP contribution in [0, 0.1) is 0 Å². The van der Waals surface area contributed by atoms with E-state index in [9.17, 15) is 4.79 Å². The summed E-state index contributed by atoms with van der Waals surface area (Å²) in [4.78, 5) is 17.1. The smallest absolute Gasteiger partial charge is 0.263 e. The Morgan fingerprint density at radius 2 is 1.87 bits per heavy atom. The number of benzene rings is 1. The van der Waals surface area contributed by atoms with E-state index in [1.165, 1.54) is 24.0 Å². The minimum Gasteiger partial charge on any atom is -0.481 e. The topological polar surface area (TPSA) is 32.8 Å². The highest BCUT2D eigenvalue weighted by Gasteiger charge is 2.27. The van der Waals surface area contributed by atoms with Crippen LogP contribution < -0.4 is 4.74 Å². The van der Waals surface area contributed by atoms with E-state index in [1.807, 2.05) is 17.9 Å². The van der Waals surface area contributed by atoms with Crippen molar-refractivity contribution < 1.29 is 9.53 Å². The van der Waals surface area contributed by atoms with Gasteiger partial charge in [-0.05, 0) is 55.5 Å². The Balaban J connectivity index is 1.62. The summed E-state index contributed by atoms with van der Waals surface area (Å²) in [6.45, 7) is 8.83. The summed E-state index contributed by atoms with van der Waals surface area (Å²) in [5, 5.41) is 0. The van der Waals surface area contributed by atoms with Crippen LogP contribution in [0.4, 0.5) is 0 Å². The maximum absolute atomic E-state index is 12.7. The third-order valence-electron chi connectivity index (χ3n) is 5.13. The molecular weight excluding hydrogens is 288 g/mol. The average molecular weight is 316 g/mol. The molecule has 1 heterocycles. The van der Waals surface area contributed by atoms with Crippen LogP contribution in [0.1, 0.15) is 37.8 Å². The van der Waals surface area contributed by atoms with E-state index in [4.69, 9.17) is 4.74 Å². The summed E-state index contributed by atoms with van der Waals surface area (Å²) in [6, 6.07) is 6.32. The standard InChI is InChI=1S/C19H28N2O2/c1-3-18(19(22)21-12-10-20(4-2)11-13-21)23-17-9-8-15-6-5-7-16(15)14-17/h8-9,14,18H,3-7,10-13H2,1-2H3/t18-/m0/s1. The first-order chi connectivity index (χ1) is 11.2. The minimum atomic E-state index is -0.359. The Labute approximate surface area is 139 Å². The number of carbonyl (C=O) groups is 1. The number of aryl methyl sites for hydroxylation is 2. The molecule has 0 spiro atoms. The molecule has 1 aliphatic carbocycles. The lowest BCUT2D eigenvalue weighted by Gasteiger charge is -2.35. The molecule has 23 heavy (non-hydrogen) atoms. The SMILES string of the molecule is CC[C@H](Oc1ccc2c(c1)CCC2)C(=O)N1CCN(CC)CC1. The van der Waals surface area contributed by atoms with E-state index < -0.39 is 0 Å². The second-order valence-corrected chi connectivity index (χ2v) is 6.56. The fraction of sp³-hybridized carbons (Fsp3) is 0.632. The quantitative estimate of drug-likeness (QED) is 0.837. The fourth-order valence-electron chi connectivity index (χ4n) is 3.58. The molecule has 0 unspecified atom stereocenters. The van der Waals surface area contributed by atoms with Crippen molar-refractivity contribution in [2.24, 2.45) is 0 Å². The second-order valence-electron chi connectivity index (χ2n) is 6.56. The van der Waals surface area contributed by atoms with E-state index in [0.717, 1.165) is 44.9 Å². The van der Waals surface area contributed by atoms with Gasteiger partial charge in [0.05, 0.1) is 0 Å². The molecule has 1 amide bonds. The van der Waals surface area contributed by atoms with Gasteiger partial charge in [-0.25, -0.2) is 0 Å². The second kappa shape index (κ2) is 7.35. The lowest BCUT2D eigenvalue weighted by Crippen LogP contribution is -2.52. The Morgan fingerprint density at radius 1 is 1.13 bits per heavy atom. The van der Waals surface area contributed by atoms with E-state index in [2.05, 4.69) is 24.0 Å². The zero-order chi connectivity index (χ0) is 16.2. The van der Waals surface area contributed by atoms with Crippen LogP contribution >= 0.6 is 0 Å². The molecule has 3 rings (SSSR count). The van der Waals surface area contributed by atoms with Crippen molar-refractivity contribution in [2.75, 3.05) is 32.7 Å². The fourth-order valence-corrected chi connectivity index (χ4v) is 3.58. The number of carbonyl (C=O) groups excluding carboxylic acids is 1. The summed E-state index contributed by atoms with van der Waals surface area (Å²) in [7, 11) is 0. The molecule has 0 radical (unpaired) electrons. The molecule has 1 aromatic carbocycles. The third-order valence-corrected chi connectivity index (χ3v) is 5.13. The molecule has 1 atom stereocenters. The van der Waals surface area contributed by atoms with Crippen LogP contribution in [-0.4, -0.2) is 54.5 Å². The van der Waals surface area contributed by atoms with Gasteiger partial charge >= 0.3 is 0 Å². The van der Waals surface area contributed by atoms with Crippen LogP contribution in [0.2, 0.25) is 0 Å². The van der Waals surface area contributed by atoms with Gasteiger partial charge in [0.1, 0.15) is 5.75 Å². The van der Waals surface area contributed by atoms with Crippen LogP contribution in [0.5, 0.6) is 5.75 Å². The van der Waals surface area contributed by atoms with Crippen LogP contribution in [0.3, 0.4) is 0 Å². The maximum Gasteiger partial charge on any atom is 0.263 e. The summed E-state index contributed by atoms with van der Waals surface area (Å²) in [5.41, 5.74) is 2.83. The highest BCUT2D eigenvalue weighted by molar-refractivity contribution is 5.81. The molecule has 4 heteroatoms.